The summed E-state index contributed by atoms with van der Waals surface area (Å²) in [5.41, 5.74) is 0.125. The molecule has 1 aromatic carbocycles. The first-order valence-electron chi connectivity index (χ1n) is 5.90. The molecule has 92 valence electrons. The molecule has 1 aromatic rings. The fourth-order valence-corrected chi connectivity index (χ4v) is 2.70. The number of imide groups is 1. The predicted molar refractivity (Wildman–Crippen MR) is 67.8 cm³/mol. The maximum atomic E-state index is 12.2. The average Bonchev–Trinajstić information content (AvgIpc) is 2.72. The molecule has 3 rings (SSSR count). The molecule has 0 bridgehead atoms. The van der Waals surface area contributed by atoms with Crippen molar-refractivity contribution in [2.45, 2.75) is 5.41 Å². The van der Waals surface area contributed by atoms with E-state index in [0.29, 0.717) is 11.1 Å². The number of nitrogens with one attached hydrogen (secondary N) is 1. The number of hydrogen-bond donors (Lipinski definition) is 1. The van der Waals surface area contributed by atoms with Gasteiger partial charge in [-0.25, -0.2) is 0 Å². The van der Waals surface area contributed by atoms with Crippen LogP contribution < -0.4 is 5.32 Å². The fraction of sp³-hybridized carbons (Fsp3) is 0.133. The Morgan fingerprint density at radius 1 is 1.26 bits per heavy atom. The van der Waals surface area contributed by atoms with Crippen molar-refractivity contribution in [3.63, 3.8) is 0 Å². The summed E-state index contributed by atoms with van der Waals surface area (Å²) in [6.45, 7) is 0. The Morgan fingerprint density at radius 3 is 2.89 bits per heavy atom. The Bertz CT molecular complexity index is 682. The highest BCUT2D eigenvalue weighted by Gasteiger charge is 2.54. The number of benzene rings is 1. The highest BCUT2D eigenvalue weighted by molar-refractivity contribution is 6.13. The number of nitrogens with zero attached hydrogens (tertiary/aromatic N) is 1. The standard InChI is InChI=1S/C15H10N2O2/c16-9-10-4-3-5-11(8-10)15-7-2-1-6-12(15)13(18)17-14(15)19/h1-8,12H,(H,17,18,19). The first-order chi connectivity index (χ1) is 9.18. The zero-order valence-electron chi connectivity index (χ0n) is 9.96. The van der Waals surface area contributed by atoms with Crippen LogP contribution in [0.15, 0.2) is 48.6 Å². The first kappa shape index (κ1) is 11.4. The minimum Gasteiger partial charge on any atom is -0.295 e. The predicted octanol–water partition coefficient (Wildman–Crippen LogP) is 1.19. The Hall–Kier alpha value is -2.67. The molecule has 0 saturated carbocycles. The number of allylic oxidation sites excluding steroid dienone is 2. The largest absolute Gasteiger partial charge is 0.295 e. The minimum atomic E-state index is -1.02. The van der Waals surface area contributed by atoms with E-state index >= 15 is 0 Å². The van der Waals surface area contributed by atoms with Gasteiger partial charge in [-0.2, -0.15) is 5.26 Å². The van der Waals surface area contributed by atoms with Crippen LogP contribution in [0.3, 0.4) is 0 Å². The number of amides is 2. The topological polar surface area (TPSA) is 70.0 Å². The summed E-state index contributed by atoms with van der Waals surface area (Å²) < 4.78 is 0. The maximum absolute atomic E-state index is 12.2. The van der Waals surface area contributed by atoms with Gasteiger partial charge >= 0.3 is 0 Å². The van der Waals surface area contributed by atoms with Crippen molar-refractivity contribution in [2.24, 2.45) is 5.92 Å². The van der Waals surface area contributed by atoms with E-state index < -0.39 is 11.3 Å². The van der Waals surface area contributed by atoms with Crippen molar-refractivity contribution < 1.29 is 9.59 Å². The fourth-order valence-electron chi connectivity index (χ4n) is 2.70. The van der Waals surface area contributed by atoms with Crippen LogP contribution in [0, 0.1) is 17.2 Å². The summed E-state index contributed by atoms with van der Waals surface area (Å²) in [6, 6.07) is 8.88. The Labute approximate surface area is 110 Å². The van der Waals surface area contributed by atoms with Crippen molar-refractivity contribution >= 4 is 11.8 Å². The molecule has 2 atom stereocenters. The molecule has 2 unspecified atom stereocenters. The van der Waals surface area contributed by atoms with E-state index in [1.165, 1.54) is 0 Å². The summed E-state index contributed by atoms with van der Waals surface area (Å²) in [7, 11) is 0. The van der Waals surface area contributed by atoms with E-state index in [2.05, 4.69) is 11.4 Å². The van der Waals surface area contributed by atoms with Crippen LogP contribution >= 0.6 is 0 Å². The lowest BCUT2D eigenvalue weighted by Crippen LogP contribution is -2.38. The molecule has 19 heavy (non-hydrogen) atoms. The van der Waals surface area contributed by atoms with Crippen LogP contribution in [-0.4, -0.2) is 11.8 Å². The summed E-state index contributed by atoms with van der Waals surface area (Å²) >= 11 is 0. The van der Waals surface area contributed by atoms with E-state index in [9.17, 15) is 9.59 Å². The molecule has 4 heteroatoms. The number of nitriles is 1. The van der Waals surface area contributed by atoms with Gasteiger partial charge in [0.2, 0.25) is 11.8 Å². The smallest absolute Gasteiger partial charge is 0.242 e. The first-order valence-corrected chi connectivity index (χ1v) is 5.90. The summed E-state index contributed by atoms with van der Waals surface area (Å²) in [4.78, 5) is 24.1. The Kier molecular flexibility index (Phi) is 2.36. The number of carbonyl (C=O) groups is 2. The van der Waals surface area contributed by atoms with Crippen molar-refractivity contribution in [1.29, 1.82) is 5.26 Å². The van der Waals surface area contributed by atoms with E-state index in [1.807, 2.05) is 0 Å². The highest BCUT2D eigenvalue weighted by Crippen LogP contribution is 2.41. The van der Waals surface area contributed by atoms with Crippen molar-refractivity contribution in [3.05, 3.63) is 59.7 Å². The molecular formula is C15H10N2O2. The second kappa shape index (κ2) is 3.92. The van der Waals surface area contributed by atoms with E-state index in [1.54, 1.807) is 48.6 Å². The van der Waals surface area contributed by atoms with Crippen LogP contribution in [0.25, 0.3) is 0 Å². The molecule has 2 amide bonds. The minimum absolute atomic E-state index is 0.298. The zero-order chi connectivity index (χ0) is 13.5. The van der Waals surface area contributed by atoms with Crippen molar-refractivity contribution in [2.75, 3.05) is 0 Å². The van der Waals surface area contributed by atoms with Crippen LogP contribution in [0.5, 0.6) is 0 Å². The van der Waals surface area contributed by atoms with Crippen molar-refractivity contribution in [3.8, 4) is 6.07 Å². The lowest BCUT2D eigenvalue weighted by Gasteiger charge is -2.28. The van der Waals surface area contributed by atoms with E-state index in [0.717, 1.165) is 0 Å². The van der Waals surface area contributed by atoms with Gasteiger partial charge in [-0.05, 0) is 17.7 Å². The molecule has 4 nitrogen and oxygen atoms in total. The SMILES string of the molecule is N#Cc1cccc(C23C=CC=CC2C(=O)NC3=O)c1. The van der Waals surface area contributed by atoms with Crippen molar-refractivity contribution in [1.82, 2.24) is 5.32 Å². The van der Waals surface area contributed by atoms with Gasteiger partial charge in [0, 0.05) is 0 Å². The zero-order valence-corrected chi connectivity index (χ0v) is 9.96. The van der Waals surface area contributed by atoms with Crippen LogP contribution in [0.4, 0.5) is 0 Å². The molecule has 0 radical (unpaired) electrons. The molecule has 1 N–H and O–H groups in total. The molecule has 0 spiro atoms. The normalized spacial score (nSPS) is 27.8. The summed E-state index contributed by atoms with van der Waals surface area (Å²) in [5, 5.41) is 11.3. The molecular weight excluding hydrogens is 240 g/mol. The molecule has 1 heterocycles. The Balaban J connectivity index is 2.22. The lowest BCUT2D eigenvalue weighted by atomic mass is 9.69. The van der Waals surface area contributed by atoms with Gasteiger partial charge in [-0.1, -0.05) is 36.4 Å². The molecule has 1 aliphatic carbocycles. The van der Waals surface area contributed by atoms with Crippen LogP contribution in [0.1, 0.15) is 11.1 Å². The molecule has 0 aromatic heterocycles. The third kappa shape index (κ3) is 1.45. The number of fused-ring (bicyclic) bond motifs is 1. The molecule has 1 aliphatic heterocycles. The van der Waals surface area contributed by atoms with Crippen LogP contribution in [-0.2, 0) is 15.0 Å². The van der Waals surface area contributed by atoms with E-state index in [4.69, 9.17) is 5.26 Å². The number of hydrogen-bond acceptors (Lipinski definition) is 3. The number of rotatable bonds is 1. The van der Waals surface area contributed by atoms with Gasteiger partial charge in [-0.3, -0.25) is 14.9 Å². The van der Waals surface area contributed by atoms with Gasteiger partial charge in [-0.15, -0.1) is 0 Å². The highest BCUT2D eigenvalue weighted by atomic mass is 16.2. The van der Waals surface area contributed by atoms with Gasteiger partial charge < -0.3 is 0 Å². The quantitative estimate of drug-likeness (QED) is 0.761. The van der Waals surface area contributed by atoms with Gasteiger partial charge in [0.05, 0.1) is 17.6 Å². The second-order valence-corrected chi connectivity index (χ2v) is 4.60. The monoisotopic (exact) mass is 250 g/mol. The van der Waals surface area contributed by atoms with Gasteiger partial charge in [0.25, 0.3) is 0 Å². The maximum Gasteiger partial charge on any atom is 0.242 e. The third-order valence-corrected chi connectivity index (χ3v) is 3.63. The molecule has 1 saturated heterocycles. The van der Waals surface area contributed by atoms with Gasteiger partial charge in [0.15, 0.2) is 0 Å². The second-order valence-electron chi connectivity index (χ2n) is 4.60. The Morgan fingerprint density at radius 2 is 2.11 bits per heavy atom. The third-order valence-electron chi connectivity index (χ3n) is 3.63. The average molecular weight is 250 g/mol. The van der Waals surface area contributed by atoms with E-state index in [-0.39, 0.29) is 11.8 Å². The van der Waals surface area contributed by atoms with Crippen LogP contribution in [0.2, 0.25) is 0 Å². The number of carbonyl (C=O) groups excluding carboxylic acids is 2. The summed E-state index contributed by atoms with van der Waals surface area (Å²) in [5.74, 6) is -1.18. The molecule has 1 fully saturated rings. The summed E-state index contributed by atoms with van der Waals surface area (Å²) in [6.07, 6.45) is 6.97. The lowest BCUT2D eigenvalue weighted by molar-refractivity contribution is -0.126. The van der Waals surface area contributed by atoms with Gasteiger partial charge in [0.1, 0.15) is 5.41 Å². The molecule has 2 aliphatic rings.